The lowest BCUT2D eigenvalue weighted by Gasteiger charge is -2.15. The Bertz CT molecular complexity index is 1090. The molecule has 0 heterocycles. The van der Waals surface area contributed by atoms with E-state index in [4.69, 9.17) is 4.74 Å². The second-order valence-electron chi connectivity index (χ2n) is 6.65. The Hall–Kier alpha value is -2.18. The quantitative estimate of drug-likeness (QED) is 0.452. The molecule has 3 rings (SSSR count). The van der Waals surface area contributed by atoms with Crippen molar-refractivity contribution in [1.29, 1.82) is 0 Å². The summed E-state index contributed by atoms with van der Waals surface area (Å²) < 4.78 is 60.5. The summed E-state index contributed by atoms with van der Waals surface area (Å²) in [6.45, 7) is -0.879. The van der Waals surface area contributed by atoms with Gasteiger partial charge in [0, 0.05) is 17.7 Å². The van der Waals surface area contributed by atoms with Gasteiger partial charge in [0.2, 0.25) is 10.0 Å². The molecule has 0 aliphatic heterocycles. The summed E-state index contributed by atoms with van der Waals surface area (Å²) in [4.78, 5) is -0.282. The van der Waals surface area contributed by atoms with Gasteiger partial charge in [-0.1, -0.05) is 6.07 Å². The van der Waals surface area contributed by atoms with Gasteiger partial charge in [-0.05, 0) is 42.7 Å². The average molecular weight is 443 g/mol. The standard InChI is InChI=1S/C18H22N2O7S2/c1-27-15-6-12(10-21)7-17(8-15)29(25,26)20-18-9-16(5-2-13(18)11-22)28(23,24)19-14-3-4-14/h2,5-9,14,19-22H,3-4,10-11H2,1H3. The normalized spacial score (nSPS) is 14.6. The molecule has 9 nitrogen and oxygen atoms in total. The number of rotatable bonds is 9. The smallest absolute Gasteiger partial charge is 0.262 e. The first-order valence-corrected chi connectivity index (χ1v) is 11.7. The van der Waals surface area contributed by atoms with Crippen molar-refractivity contribution in [2.45, 2.75) is 41.9 Å². The minimum atomic E-state index is -4.15. The zero-order valence-electron chi connectivity index (χ0n) is 15.6. The van der Waals surface area contributed by atoms with Gasteiger partial charge in [0.05, 0.1) is 35.8 Å². The molecule has 11 heteroatoms. The number of methoxy groups -OCH3 is 1. The molecular formula is C18H22N2O7S2. The molecule has 0 atom stereocenters. The van der Waals surface area contributed by atoms with E-state index in [1.165, 1.54) is 43.5 Å². The molecule has 0 spiro atoms. The largest absolute Gasteiger partial charge is 0.497 e. The highest BCUT2D eigenvalue weighted by Crippen LogP contribution is 2.28. The molecule has 1 saturated carbocycles. The number of benzene rings is 2. The third kappa shape index (κ3) is 5.06. The predicted octanol–water partition coefficient (Wildman–Crippen LogP) is 0.921. The number of ether oxygens (including phenoxy) is 1. The van der Waals surface area contributed by atoms with Crippen LogP contribution in [0.2, 0.25) is 0 Å². The molecule has 1 aliphatic rings. The number of hydrogen-bond acceptors (Lipinski definition) is 7. The van der Waals surface area contributed by atoms with Gasteiger partial charge in [-0.15, -0.1) is 0 Å². The van der Waals surface area contributed by atoms with Crippen molar-refractivity contribution in [3.05, 3.63) is 47.5 Å². The molecule has 0 radical (unpaired) electrons. The fraction of sp³-hybridized carbons (Fsp3) is 0.333. The van der Waals surface area contributed by atoms with E-state index < -0.39 is 26.7 Å². The molecule has 158 valence electrons. The second kappa shape index (κ2) is 8.28. The van der Waals surface area contributed by atoms with Crippen molar-refractivity contribution in [1.82, 2.24) is 4.72 Å². The van der Waals surface area contributed by atoms with Gasteiger partial charge in [-0.3, -0.25) is 4.72 Å². The number of sulfonamides is 2. The van der Waals surface area contributed by atoms with E-state index in [1.807, 2.05) is 0 Å². The number of aliphatic hydroxyl groups is 2. The highest BCUT2D eigenvalue weighted by molar-refractivity contribution is 7.92. The maximum Gasteiger partial charge on any atom is 0.262 e. The molecule has 1 fully saturated rings. The van der Waals surface area contributed by atoms with Gasteiger partial charge in [0.1, 0.15) is 5.75 Å². The summed E-state index contributed by atoms with van der Waals surface area (Å²) in [6, 6.07) is 7.77. The van der Waals surface area contributed by atoms with Crippen molar-refractivity contribution in [3.8, 4) is 5.75 Å². The van der Waals surface area contributed by atoms with Crippen LogP contribution in [0.25, 0.3) is 0 Å². The topological polar surface area (TPSA) is 142 Å². The lowest BCUT2D eigenvalue weighted by Crippen LogP contribution is -2.26. The van der Waals surface area contributed by atoms with Crippen molar-refractivity contribution in [3.63, 3.8) is 0 Å². The van der Waals surface area contributed by atoms with Gasteiger partial charge in [-0.2, -0.15) is 0 Å². The molecule has 2 aromatic rings. The van der Waals surface area contributed by atoms with Crippen LogP contribution in [0.3, 0.4) is 0 Å². The Morgan fingerprint density at radius 1 is 0.966 bits per heavy atom. The first-order valence-electron chi connectivity index (χ1n) is 8.76. The number of anilines is 1. The van der Waals surface area contributed by atoms with Gasteiger partial charge >= 0.3 is 0 Å². The Balaban J connectivity index is 1.98. The molecule has 0 amide bonds. The summed E-state index contributed by atoms with van der Waals surface area (Å²) in [5, 5.41) is 18.9. The summed E-state index contributed by atoms with van der Waals surface area (Å²) in [6.07, 6.45) is 1.52. The first kappa shape index (κ1) is 21.5. The molecule has 4 N–H and O–H groups in total. The minimum Gasteiger partial charge on any atom is -0.497 e. The van der Waals surface area contributed by atoms with Crippen molar-refractivity contribution < 1.29 is 31.8 Å². The second-order valence-corrected chi connectivity index (χ2v) is 10.0. The van der Waals surface area contributed by atoms with Crippen LogP contribution in [0, 0.1) is 0 Å². The highest BCUT2D eigenvalue weighted by atomic mass is 32.2. The first-order chi connectivity index (χ1) is 13.7. The molecular weight excluding hydrogens is 420 g/mol. The number of aliphatic hydroxyl groups excluding tert-OH is 2. The highest BCUT2D eigenvalue weighted by Gasteiger charge is 2.28. The molecule has 0 unspecified atom stereocenters. The van der Waals surface area contributed by atoms with E-state index in [0.29, 0.717) is 5.56 Å². The maximum atomic E-state index is 12.9. The Morgan fingerprint density at radius 2 is 1.69 bits per heavy atom. The summed E-state index contributed by atoms with van der Waals surface area (Å²) in [5.74, 6) is 0.240. The van der Waals surface area contributed by atoms with Crippen LogP contribution in [-0.2, 0) is 33.3 Å². The van der Waals surface area contributed by atoms with Gasteiger partial charge in [0.15, 0.2) is 0 Å². The SMILES string of the molecule is COc1cc(CO)cc(S(=O)(=O)Nc2cc(S(=O)(=O)NC3CC3)ccc2CO)c1. The van der Waals surface area contributed by atoms with Crippen molar-refractivity contribution in [2.75, 3.05) is 11.8 Å². The number of hydrogen-bond donors (Lipinski definition) is 4. The van der Waals surface area contributed by atoms with Gasteiger partial charge in [-0.25, -0.2) is 21.6 Å². The van der Waals surface area contributed by atoms with Crippen LogP contribution in [0.4, 0.5) is 5.69 Å². The van der Waals surface area contributed by atoms with Gasteiger partial charge in [0.25, 0.3) is 10.0 Å². The summed E-state index contributed by atoms with van der Waals surface area (Å²) in [5.41, 5.74) is 0.487. The average Bonchev–Trinajstić information content (AvgIpc) is 3.50. The van der Waals surface area contributed by atoms with Crippen LogP contribution < -0.4 is 14.2 Å². The third-order valence-corrected chi connectivity index (χ3v) is 7.24. The maximum absolute atomic E-state index is 12.9. The van der Waals surface area contributed by atoms with E-state index in [-0.39, 0.29) is 39.4 Å². The molecule has 0 bridgehead atoms. The number of nitrogens with one attached hydrogen (secondary N) is 2. The molecule has 29 heavy (non-hydrogen) atoms. The minimum absolute atomic E-state index is 0.0560. The molecule has 0 saturated heterocycles. The monoisotopic (exact) mass is 442 g/mol. The van der Waals surface area contributed by atoms with Crippen LogP contribution in [0.5, 0.6) is 5.75 Å². The summed E-state index contributed by atoms with van der Waals surface area (Å²) >= 11 is 0. The predicted molar refractivity (Wildman–Crippen MR) is 105 cm³/mol. The third-order valence-electron chi connectivity index (χ3n) is 4.37. The summed E-state index contributed by atoms with van der Waals surface area (Å²) in [7, 11) is -6.59. The van der Waals surface area contributed by atoms with E-state index in [2.05, 4.69) is 9.44 Å². The lowest BCUT2D eigenvalue weighted by molar-refractivity contribution is 0.280. The van der Waals surface area contributed by atoms with Crippen LogP contribution in [-0.4, -0.2) is 40.2 Å². The Labute approximate surface area is 169 Å². The molecule has 1 aliphatic carbocycles. The van der Waals surface area contributed by atoms with Crippen molar-refractivity contribution in [2.24, 2.45) is 0 Å². The molecule has 2 aromatic carbocycles. The fourth-order valence-electron chi connectivity index (χ4n) is 2.64. The van der Waals surface area contributed by atoms with Gasteiger partial charge < -0.3 is 14.9 Å². The van der Waals surface area contributed by atoms with E-state index in [9.17, 15) is 27.0 Å². The lowest BCUT2D eigenvalue weighted by atomic mass is 10.2. The zero-order chi connectivity index (χ0) is 21.2. The van der Waals surface area contributed by atoms with E-state index >= 15 is 0 Å². The van der Waals surface area contributed by atoms with E-state index in [0.717, 1.165) is 12.8 Å². The van der Waals surface area contributed by atoms with Crippen LogP contribution in [0.1, 0.15) is 24.0 Å². The van der Waals surface area contributed by atoms with Crippen molar-refractivity contribution >= 4 is 25.7 Å². The fourth-order valence-corrected chi connectivity index (χ4v) is 5.15. The van der Waals surface area contributed by atoms with E-state index in [1.54, 1.807) is 0 Å². The Morgan fingerprint density at radius 3 is 2.28 bits per heavy atom. The van der Waals surface area contributed by atoms with Crippen LogP contribution in [0.15, 0.2) is 46.2 Å². The Kier molecular flexibility index (Phi) is 6.15. The molecule has 0 aromatic heterocycles. The van der Waals surface area contributed by atoms with Crippen LogP contribution >= 0.6 is 0 Å². The zero-order valence-corrected chi connectivity index (χ0v) is 17.3.